The highest BCUT2D eigenvalue weighted by Crippen LogP contribution is 2.48. The summed E-state index contributed by atoms with van der Waals surface area (Å²) < 4.78 is 0. The van der Waals surface area contributed by atoms with Crippen LogP contribution in [0.4, 0.5) is 34.1 Å². The Morgan fingerprint density at radius 2 is 0.794 bits per heavy atom. The zero-order chi connectivity index (χ0) is 42.2. The first-order valence-corrected chi connectivity index (χ1v) is 22.1. The molecule has 0 N–H and O–H groups in total. The molecule has 0 unspecified atom stereocenters. The monoisotopic (exact) mass is 804 g/mol. The van der Waals surface area contributed by atoms with Gasteiger partial charge in [-0.3, -0.25) is 0 Å². The van der Waals surface area contributed by atoms with Crippen LogP contribution in [-0.2, 0) is 5.41 Å². The molecule has 63 heavy (non-hydrogen) atoms. The normalized spacial score (nSPS) is 12.9. The Balaban J connectivity index is 1.14. The van der Waals surface area contributed by atoms with E-state index in [-0.39, 0.29) is 12.1 Å². The number of para-hydroxylation sites is 3. The lowest BCUT2D eigenvalue weighted by molar-refractivity contribution is 0.591. The summed E-state index contributed by atoms with van der Waals surface area (Å²) >= 11 is 0. The molecular formula is C60H45BN2. The van der Waals surface area contributed by atoms with Gasteiger partial charge in [0.15, 0.2) is 0 Å². The lowest BCUT2D eigenvalue weighted by Gasteiger charge is -2.44. The Labute approximate surface area is 370 Å². The summed E-state index contributed by atoms with van der Waals surface area (Å²) in [5.41, 5.74) is 19.8. The molecule has 0 aromatic heterocycles. The van der Waals surface area contributed by atoms with E-state index in [2.05, 4.69) is 249 Å². The van der Waals surface area contributed by atoms with Crippen LogP contribution in [0.3, 0.4) is 0 Å². The van der Waals surface area contributed by atoms with E-state index >= 15 is 0 Å². The molecule has 2 heterocycles. The fourth-order valence-electron chi connectivity index (χ4n) is 10.5. The van der Waals surface area contributed by atoms with Crippen LogP contribution in [0.1, 0.15) is 26.3 Å². The minimum atomic E-state index is -0.00658. The first-order chi connectivity index (χ1) is 30.9. The van der Waals surface area contributed by atoms with Gasteiger partial charge < -0.3 is 9.80 Å². The molecule has 298 valence electrons. The largest absolute Gasteiger partial charge is 0.311 e. The molecule has 0 saturated heterocycles. The van der Waals surface area contributed by atoms with Crippen LogP contribution in [-0.4, -0.2) is 6.71 Å². The van der Waals surface area contributed by atoms with Crippen molar-refractivity contribution in [1.82, 2.24) is 0 Å². The summed E-state index contributed by atoms with van der Waals surface area (Å²) in [7, 11) is 0. The van der Waals surface area contributed by atoms with Crippen molar-refractivity contribution >= 4 is 78.8 Å². The third kappa shape index (κ3) is 5.95. The van der Waals surface area contributed by atoms with Gasteiger partial charge >= 0.3 is 0 Å². The SMILES string of the molecule is CC(C)(C)c1ccc2c(c1)B1c3ccccc3N(c3ccccc3)c3cc(-c4cccc(-c5c6ccccc6c(-c6ccccc6)c6ccccc56)c4)cc(c31)N2c1ccccc1. The molecule has 2 aliphatic rings. The predicted molar refractivity (Wildman–Crippen MR) is 270 cm³/mol. The second-order valence-electron chi connectivity index (χ2n) is 18.1. The van der Waals surface area contributed by atoms with Crippen LogP contribution >= 0.6 is 0 Å². The van der Waals surface area contributed by atoms with Crippen molar-refractivity contribution in [1.29, 1.82) is 0 Å². The van der Waals surface area contributed by atoms with E-state index in [1.54, 1.807) is 0 Å². The number of nitrogens with zero attached hydrogens (tertiary/aromatic N) is 2. The molecule has 10 aromatic carbocycles. The van der Waals surface area contributed by atoms with E-state index in [0.29, 0.717) is 0 Å². The smallest absolute Gasteiger partial charge is 0.252 e. The second kappa shape index (κ2) is 14.5. The molecule has 12 rings (SSSR count). The maximum atomic E-state index is 2.52. The highest BCUT2D eigenvalue weighted by molar-refractivity contribution is 7.00. The standard InChI is InChI=1S/C60H45BN2/c1-60(2,3)44-34-35-54-52(39-44)61-51-32-17-18-33-53(51)62(45-24-9-5-10-25-45)55-37-43(38-56(59(55)61)63(54)46-26-11-6-12-27-46)41-22-19-23-42(36-41)58-49-30-15-13-28-47(49)57(40-20-7-4-8-21-40)48-29-14-16-31-50(48)58/h4-39H,1-3H3. The summed E-state index contributed by atoms with van der Waals surface area (Å²) in [6.07, 6.45) is 0. The summed E-state index contributed by atoms with van der Waals surface area (Å²) in [4.78, 5) is 5.02. The first-order valence-electron chi connectivity index (χ1n) is 22.1. The number of fused-ring (bicyclic) bond motifs is 6. The van der Waals surface area contributed by atoms with Crippen LogP contribution in [0.25, 0.3) is 54.9 Å². The van der Waals surface area contributed by atoms with Crippen molar-refractivity contribution in [3.63, 3.8) is 0 Å². The Morgan fingerprint density at radius 1 is 0.333 bits per heavy atom. The maximum Gasteiger partial charge on any atom is 0.252 e. The van der Waals surface area contributed by atoms with Crippen molar-refractivity contribution in [3.05, 3.63) is 224 Å². The highest BCUT2D eigenvalue weighted by atomic mass is 15.2. The molecule has 0 spiro atoms. The average Bonchev–Trinajstić information content (AvgIpc) is 3.33. The van der Waals surface area contributed by atoms with E-state index in [0.717, 1.165) is 11.4 Å². The van der Waals surface area contributed by atoms with Gasteiger partial charge in [0, 0.05) is 34.1 Å². The minimum absolute atomic E-state index is 0.00658. The van der Waals surface area contributed by atoms with E-state index in [1.165, 1.54) is 99.6 Å². The third-order valence-corrected chi connectivity index (χ3v) is 13.3. The number of hydrogen-bond acceptors (Lipinski definition) is 2. The molecule has 0 amide bonds. The lowest BCUT2D eigenvalue weighted by atomic mass is 9.33. The van der Waals surface area contributed by atoms with Crippen molar-refractivity contribution in [2.24, 2.45) is 0 Å². The summed E-state index contributed by atoms with van der Waals surface area (Å²) in [5, 5.41) is 5.03. The fourth-order valence-corrected chi connectivity index (χ4v) is 10.5. The molecule has 0 saturated carbocycles. The quantitative estimate of drug-likeness (QED) is 0.126. The zero-order valence-corrected chi connectivity index (χ0v) is 35.8. The minimum Gasteiger partial charge on any atom is -0.311 e. The Morgan fingerprint density at radius 3 is 1.37 bits per heavy atom. The van der Waals surface area contributed by atoms with Gasteiger partial charge in [-0.1, -0.05) is 185 Å². The second-order valence-corrected chi connectivity index (χ2v) is 18.1. The van der Waals surface area contributed by atoms with Crippen molar-refractivity contribution in [2.75, 3.05) is 9.80 Å². The van der Waals surface area contributed by atoms with Gasteiger partial charge in [0.2, 0.25) is 0 Å². The van der Waals surface area contributed by atoms with Crippen LogP contribution < -0.4 is 26.2 Å². The summed E-state index contributed by atoms with van der Waals surface area (Å²) in [6.45, 7) is 7.01. The Kier molecular flexibility index (Phi) is 8.56. The van der Waals surface area contributed by atoms with Crippen molar-refractivity contribution < 1.29 is 0 Å². The van der Waals surface area contributed by atoms with Crippen LogP contribution in [0.15, 0.2) is 218 Å². The zero-order valence-electron chi connectivity index (χ0n) is 35.8. The molecule has 3 heteroatoms. The number of rotatable bonds is 5. The molecule has 0 bridgehead atoms. The molecule has 0 fully saturated rings. The van der Waals surface area contributed by atoms with Gasteiger partial charge in [-0.25, -0.2) is 0 Å². The molecule has 0 atom stereocenters. The lowest BCUT2D eigenvalue weighted by Crippen LogP contribution is -2.61. The number of hydrogen-bond donors (Lipinski definition) is 0. The molecule has 0 aliphatic carbocycles. The maximum absolute atomic E-state index is 2.52. The van der Waals surface area contributed by atoms with E-state index in [9.17, 15) is 0 Å². The molecule has 2 aliphatic heterocycles. The van der Waals surface area contributed by atoms with Gasteiger partial charge in [-0.15, -0.1) is 0 Å². The molecule has 0 radical (unpaired) electrons. The van der Waals surface area contributed by atoms with E-state index < -0.39 is 0 Å². The fraction of sp³-hybridized carbons (Fsp3) is 0.0667. The van der Waals surface area contributed by atoms with Crippen molar-refractivity contribution in [3.8, 4) is 33.4 Å². The van der Waals surface area contributed by atoms with Crippen LogP contribution in [0, 0.1) is 0 Å². The summed E-state index contributed by atoms with van der Waals surface area (Å²) in [5.74, 6) is 0. The predicted octanol–water partition coefficient (Wildman–Crippen LogP) is 14.4. The van der Waals surface area contributed by atoms with Gasteiger partial charge in [-0.2, -0.15) is 0 Å². The Bertz CT molecular complexity index is 3310. The van der Waals surface area contributed by atoms with Crippen LogP contribution in [0.5, 0.6) is 0 Å². The topological polar surface area (TPSA) is 6.48 Å². The Hall–Kier alpha value is -7.62. The number of anilines is 6. The molecular weight excluding hydrogens is 759 g/mol. The number of benzene rings is 10. The summed E-state index contributed by atoms with van der Waals surface area (Å²) in [6, 6.07) is 81.1. The molecule has 10 aromatic rings. The van der Waals surface area contributed by atoms with Crippen molar-refractivity contribution in [2.45, 2.75) is 26.2 Å². The molecule has 2 nitrogen and oxygen atoms in total. The van der Waals surface area contributed by atoms with E-state index in [4.69, 9.17) is 0 Å². The highest BCUT2D eigenvalue weighted by Gasteiger charge is 2.44. The van der Waals surface area contributed by atoms with Gasteiger partial charge in [0.05, 0.1) is 0 Å². The average molecular weight is 805 g/mol. The van der Waals surface area contributed by atoms with Gasteiger partial charge in [-0.05, 0) is 137 Å². The van der Waals surface area contributed by atoms with Gasteiger partial charge in [0.25, 0.3) is 6.71 Å². The first kappa shape index (κ1) is 37.2. The third-order valence-electron chi connectivity index (χ3n) is 13.3. The van der Waals surface area contributed by atoms with Crippen LogP contribution in [0.2, 0.25) is 0 Å². The van der Waals surface area contributed by atoms with Gasteiger partial charge in [0.1, 0.15) is 0 Å². The van der Waals surface area contributed by atoms with E-state index in [1.807, 2.05) is 0 Å².